The molecule has 0 radical (unpaired) electrons. The van der Waals surface area contributed by atoms with Crippen LogP contribution in [0.4, 0.5) is 10.5 Å². The van der Waals surface area contributed by atoms with E-state index in [4.69, 9.17) is 4.74 Å². The highest BCUT2D eigenvalue weighted by atomic mass is 16.6. The van der Waals surface area contributed by atoms with E-state index in [1.165, 1.54) is 12.3 Å². The summed E-state index contributed by atoms with van der Waals surface area (Å²) in [7, 11) is 0. The second-order valence-corrected chi connectivity index (χ2v) is 7.31. The number of aromatic nitrogens is 1. The molecule has 0 saturated heterocycles. The number of nitrogens with zero attached hydrogens (tertiary/aromatic N) is 2. The van der Waals surface area contributed by atoms with Crippen LogP contribution in [-0.4, -0.2) is 45.9 Å². The molecular formula is C18H27N3O4. The Morgan fingerprint density at radius 1 is 1.20 bits per heavy atom. The van der Waals surface area contributed by atoms with Gasteiger partial charge in [0.1, 0.15) is 11.3 Å². The quantitative estimate of drug-likeness (QED) is 0.822. The third kappa shape index (κ3) is 5.85. The molecule has 0 fully saturated rings. The van der Waals surface area contributed by atoms with E-state index in [1.54, 1.807) is 25.7 Å². The standard InChI is InChI=1S/C18H27N3O4/c1-11(2)21(12(3)4)16(23)15-13(10-22)8-14(9-19-15)20-17(24)25-18(5,6)7/h8-12H,1-7H3,(H,20,24). The highest BCUT2D eigenvalue weighted by Gasteiger charge is 2.25. The van der Waals surface area contributed by atoms with Gasteiger partial charge >= 0.3 is 6.09 Å². The topological polar surface area (TPSA) is 88.6 Å². The lowest BCUT2D eigenvalue weighted by molar-refractivity contribution is 0.0628. The molecule has 0 saturated carbocycles. The fraction of sp³-hybridized carbons (Fsp3) is 0.556. The van der Waals surface area contributed by atoms with Crippen molar-refractivity contribution >= 4 is 24.0 Å². The van der Waals surface area contributed by atoms with Crippen molar-refractivity contribution in [2.24, 2.45) is 0 Å². The van der Waals surface area contributed by atoms with Crippen LogP contribution in [0.2, 0.25) is 0 Å². The Morgan fingerprint density at radius 3 is 2.20 bits per heavy atom. The monoisotopic (exact) mass is 349 g/mol. The van der Waals surface area contributed by atoms with Crippen molar-refractivity contribution in [3.8, 4) is 0 Å². The number of pyridine rings is 1. The van der Waals surface area contributed by atoms with E-state index in [0.29, 0.717) is 6.29 Å². The molecule has 0 aliphatic carbocycles. The van der Waals surface area contributed by atoms with Crippen LogP contribution in [0.25, 0.3) is 0 Å². The first-order valence-corrected chi connectivity index (χ1v) is 8.24. The van der Waals surface area contributed by atoms with Crippen molar-refractivity contribution < 1.29 is 19.1 Å². The third-order valence-electron chi connectivity index (χ3n) is 3.24. The maximum absolute atomic E-state index is 12.7. The Labute approximate surface area is 148 Å². The van der Waals surface area contributed by atoms with Crippen molar-refractivity contribution in [3.05, 3.63) is 23.5 Å². The van der Waals surface area contributed by atoms with E-state index >= 15 is 0 Å². The third-order valence-corrected chi connectivity index (χ3v) is 3.24. The molecule has 1 aromatic heterocycles. The summed E-state index contributed by atoms with van der Waals surface area (Å²) in [6.45, 7) is 12.8. The summed E-state index contributed by atoms with van der Waals surface area (Å²) in [6.07, 6.45) is 1.23. The maximum atomic E-state index is 12.7. The number of carbonyl (C=O) groups excluding carboxylic acids is 3. The number of carbonyl (C=O) groups is 3. The van der Waals surface area contributed by atoms with Gasteiger partial charge in [-0.05, 0) is 54.5 Å². The minimum atomic E-state index is -0.656. The Bertz CT molecular complexity index is 640. The first-order valence-electron chi connectivity index (χ1n) is 8.24. The van der Waals surface area contributed by atoms with Crippen molar-refractivity contribution in [3.63, 3.8) is 0 Å². The molecule has 1 N–H and O–H groups in total. The number of anilines is 1. The summed E-state index contributed by atoms with van der Waals surface area (Å²) in [5, 5.41) is 2.51. The number of rotatable bonds is 5. The van der Waals surface area contributed by atoms with Crippen LogP contribution < -0.4 is 5.32 Å². The summed E-state index contributed by atoms with van der Waals surface area (Å²) in [5.74, 6) is -0.323. The molecule has 0 aliphatic heterocycles. The number of nitrogens with one attached hydrogen (secondary N) is 1. The van der Waals surface area contributed by atoms with Crippen LogP contribution in [0, 0.1) is 0 Å². The van der Waals surface area contributed by atoms with Crippen LogP contribution in [0.15, 0.2) is 12.3 Å². The Kier molecular flexibility index (Phi) is 6.67. The minimum absolute atomic E-state index is 0.0339. The molecule has 1 rings (SSSR count). The van der Waals surface area contributed by atoms with E-state index in [2.05, 4.69) is 10.3 Å². The average Bonchev–Trinajstić information content (AvgIpc) is 2.43. The molecule has 0 unspecified atom stereocenters. The molecule has 7 nitrogen and oxygen atoms in total. The van der Waals surface area contributed by atoms with E-state index < -0.39 is 11.7 Å². The fourth-order valence-corrected chi connectivity index (χ4v) is 2.43. The number of hydrogen-bond donors (Lipinski definition) is 1. The summed E-state index contributed by atoms with van der Waals surface area (Å²) >= 11 is 0. The van der Waals surface area contributed by atoms with Gasteiger partial charge in [-0.3, -0.25) is 14.9 Å². The van der Waals surface area contributed by atoms with Gasteiger partial charge in [-0.1, -0.05) is 0 Å². The van der Waals surface area contributed by atoms with Crippen molar-refractivity contribution in [1.82, 2.24) is 9.88 Å². The molecule has 138 valence electrons. The van der Waals surface area contributed by atoms with Crippen LogP contribution >= 0.6 is 0 Å². The summed E-state index contributed by atoms with van der Waals surface area (Å²) in [6, 6.07) is 1.34. The van der Waals surface area contributed by atoms with Gasteiger partial charge in [-0.15, -0.1) is 0 Å². The van der Waals surface area contributed by atoms with Crippen molar-refractivity contribution in [2.75, 3.05) is 5.32 Å². The second-order valence-electron chi connectivity index (χ2n) is 7.31. The number of aldehydes is 1. The van der Waals surface area contributed by atoms with Gasteiger partial charge in [0.15, 0.2) is 6.29 Å². The van der Waals surface area contributed by atoms with Gasteiger partial charge in [-0.25, -0.2) is 9.78 Å². The molecule has 0 atom stereocenters. The molecule has 0 aliphatic rings. The van der Waals surface area contributed by atoms with Gasteiger partial charge in [0.05, 0.1) is 11.9 Å². The Balaban J connectivity index is 3.08. The Hall–Kier alpha value is -2.44. The van der Waals surface area contributed by atoms with E-state index in [0.717, 1.165) is 0 Å². The smallest absolute Gasteiger partial charge is 0.412 e. The van der Waals surface area contributed by atoms with Crippen molar-refractivity contribution in [1.29, 1.82) is 0 Å². The molecule has 2 amide bonds. The fourth-order valence-electron chi connectivity index (χ4n) is 2.43. The van der Waals surface area contributed by atoms with E-state index in [-0.39, 0.29) is 34.9 Å². The van der Waals surface area contributed by atoms with Crippen molar-refractivity contribution in [2.45, 2.75) is 66.2 Å². The normalized spacial score (nSPS) is 11.4. The molecule has 25 heavy (non-hydrogen) atoms. The van der Waals surface area contributed by atoms with E-state index in [1.807, 2.05) is 27.7 Å². The van der Waals surface area contributed by atoms with Gasteiger partial charge < -0.3 is 9.64 Å². The molecule has 0 bridgehead atoms. The summed E-state index contributed by atoms with van der Waals surface area (Å²) in [5.41, 5.74) is -0.179. The first kappa shape index (κ1) is 20.6. The highest BCUT2D eigenvalue weighted by molar-refractivity contribution is 6.01. The summed E-state index contributed by atoms with van der Waals surface area (Å²) in [4.78, 5) is 41.7. The van der Waals surface area contributed by atoms with Crippen LogP contribution in [0.3, 0.4) is 0 Å². The molecule has 1 heterocycles. The maximum Gasteiger partial charge on any atom is 0.412 e. The van der Waals surface area contributed by atoms with Crippen LogP contribution in [0.5, 0.6) is 0 Å². The largest absolute Gasteiger partial charge is 0.444 e. The van der Waals surface area contributed by atoms with Gasteiger partial charge in [0.25, 0.3) is 5.91 Å². The van der Waals surface area contributed by atoms with Crippen LogP contribution in [-0.2, 0) is 4.74 Å². The van der Waals surface area contributed by atoms with Gasteiger partial charge in [0.2, 0.25) is 0 Å². The van der Waals surface area contributed by atoms with Gasteiger partial charge in [0, 0.05) is 17.6 Å². The lowest BCUT2D eigenvalue weighted by Crippen LogP contribution is -2.42. The number of amides is 2. The molecule has 0 aromatic carbocycles. The predicted octanol–water partition coefficient (Wildman–Crippen LogP) is 3.50. The zero-order valence-corrected chi connectivity index (χ0v) is 15.9. The summed E-state index contributed by atoms with van der Waals surface area (Å²) < 4.78 is 5.15. The average molecular weight is 349 g/mol. The lowest BCUT2D eigenvalue weighted by atomic mass is 10.1. The van der Waals surface area contributed by atoms with Gasteiger partial charge in [-0.2, -0.15) is 0 Å². The first-order chi connectivity index (χ1) is 11.5. The van der Waals surface area contributed by atoms with Crippen LogP contribution in [0.1, 0.15) is 69.3 Å². The molecule has 7 heteroatoms. The number of hydrogen-bond acceptors (Lipinski definition) is 5. The minimum Gasteiger partial charge on any atom is -0.444 e. The zero-order chi connectivity index (χ0) is 19.4. The predicted molar refractivity (Wildman–Crippen MR) is 95.9 cm³/mol. The lowest BCUT2D eigenvalue weighted by Gasteiger charge is -2.30. The van der Waals surface area contributed by atoms with E-state index in [9.17, 15) is 14.4 Å². The molecule has 1 aromatic rings. The highest BCUT2D eigenvalue weighted by Crippen LogP contribution is 2.18. The molecular weight excluding hydrogens is 322 g/mol. The molecule has 0 spiro atoms. The SMILES string of the molecule is CC(C)N(C(=O)c1ncc(NC(=O)OC(C)(C)C)cc1C=O)C(C)C. The Morgan fingerprint density at radius 2 is 1.76 bits per heavy atom. The zero-order valence-electron chi connectivity index (χ0n) is 15.9. The number of ether oxygens (including phenoxy) is 1. The second kappa shape index (κ2) is 8.09.